The number of halogens is 1. The van der Waals surface area contributed by atoms with Crippen LogP contribution in [0.5, 0.6) is 0 Å². The fraction of sp³-hybridized carbons (Fsp3) is 0.857. The summed E-state index contributed by atoms with van der Waals surface area (Å²) in [5.74, 6) is 1.05. The topological polar surface area (TPSA) is 29.1 Å². The lowest BCUT2D eigenvalue weighted by Crippen LogP contribution is -2.33. The van der Waals surface area contributed by atoms with E-state index in [1.165, 1.54) is 0 Å². The molecule has 0 fully saturated rings. The first-order valence-electron chi connectivity index (χ1n) is 3.55. The van der Waals surface area contributed by atoms with Gasteiger partial charge in [-0.2, -0.15) is 11.8 Å². The summed E-state index contributed by atoms with van der Waals surface area (Å²) in [4.78, 5) is 11.0. The highest BCUT2D eigenvalue weighted by Crippen LogP contribution is 1.96. The molecular formula is C7H14BrNOS. The summed E-state index contributed by atoms with van der Waals surface area (Å²) in [7, 11) is 0. The molecule has 2 nitrogen and oxygen atoms in total. The van der Waals surface area contributed by atoms with Crippen LogP contribution in [0.2, 0.25) is 0 Å². The van der Waals surface area contributed by atoms with Gasteiger partial charge in [-0.15, -0.1) is 0 Å². The first-order chi connectivity index (χ1) is 5.20. The van der Waals surface area contributed by atoms with Crippen LogP contribution in [0.1, 0.15) is 13.3 Å². The highest BCUT2D eigenvalue weighted by Gasteiger charge is 2.03. The Morgan fingerprint density at radius 1 is 1.73 bits per heavy atom. The monoisotopic (exact) mass is 239 g/mol. The van der Waals surface area contributed by atoms with E-state index in [0.29, 0.717) is 6.42 Å². The maximum absolute atomic E-state index is 11.0. The first kappa shape index (κ1) is 11.3. The van der Waals surface area contributed by atoms with E-state index < -0.39 is 0 Å². The average Bonchev–Trinajstić information content (AvgIpc) is 2.00. The number of thioether (sulfide) groups is 1. The van der Waals surface area contributed by atoms with Crippen LogP contribution in [0.25, 0.3) is 0 Å². The van der Waals surface area contributed by atoms with Crippen LogP contribution in [-0.2, 0) is 4.79 Å². The average molecular weight is 240 g/mol. The summed E-state index contributed by atoms with van der Waals surface area (Å²) >= 11 is 4.98. The van der Waals surface area contributed by atoms with Gasteiger partial charge in [0.25, 0.3) is 0 Å². The SMILES string of the molecule is CSCCC(=O)NC(C)CBr. The van der Waals surface area contributed by atoms with Gasteiger partial charge in [0.15, 0.2) is 0 Å². The number of alkyl halides is 1. The molecule has 0 aromatic heterocycles. The molecule has 0 radical (unpaired) electrons. The Hall–Kier alpha value is 0.300. The second kappa shape index (κ2) is 6.98. The lowest BCUT2D eigenvalue weighted by molar-refractivity contribution is -0.121. The van der Waals surface area contributed by atoms with Crippen molar-refractivity contribution in [2.24, 2.45) is 0 Å². The van der Waals surface area contributed by atoms with E-state index >= 15 is 0 Å². The molecule has 1 atom stereocenters. The zero-order chi connectivity index (χ0) is 8.69. The number of hydrogen-bond donors (Lipinski definition) is 1. The summed E-state index contributed by atoms with van der Waals surface area (Å²) in [5, 5.41) is 3.68. The molecule has 0 aromatic carbocycles. The predicted molar refractivity (Wildman–Crippen MR) is 54.4 cm³/mol. The zero-order valence-electron chi connectivity index (χ0n) is 6.89. The Morgan fingerprint density at radius 2 is 2.36 bits per heavy atom. The van der Waals surface area contributed by atoms with Gasteiger partial charge >= 0.3 is 0 Å². The number of rotatable bonds is 5. The predicted octanol–water partition coefficient (Wildman–Crippen LogP) is 1.64. The van der Waals surface area contributed by atoms with Gasteiger partial charge in [-0.25, -0.2) is 0 Å². The van der Waals surface area contributed by atoms with Crippen LogP contribution < -0.4 is 5.32 Å². The molecule has 4 heteroatoms. The molecular weight excluding hydrogens is 226 g/mol. The quantitative estimate of drug-likeness (QED) is 0.740. The van der Waals surface area contributed by atoms with Gasteiger partial charge in [0.2, 0.25) is 5.91 Å². The standard InChI is InChI=1S/C7H14BrNOS/c1-6(5-8)9-7(10)3-4-11-2/h6H,3-5H2,1-2H3,(H,9,10). The largest absolute Gasteiger partial charge is 0.353 e. The smallest absolute Gasteiger partial charge is 0.221 e. The van der Waals surface area contributed by atoms with Crippen LogP contribution in [0.15, 0.2) is 0 Å². The summed E-state index contributed by atoms with van der Waals surface area (Å²) in [6, 6.07) is 0.240. The van der Waals surface area contributed by atoms with Gasteiger partial charge in [0.05, 0.1) is 0 Å². The normalized spacial score (nSPS) is 12.6. The first-order valence-corrected chi connectivity index (χ1v) is 6.06. The fourth-order valence-corrected chi connectivity index (χ4v) is 1.13. The number of hydrogen-bond acceptors (Lipinski definition) is 2. The highest BCUT2D eigenvalue weighted by molar-refractivity contribution is 9.09. The minimum absolute atomic E-state index is 0.145. The molecule has 0 aliphatic carbocycles. The van der Waals surface area contributed by atoms with Crippen molar-refractivity contribution in [3.05, 3.63) is 0 Å². The van der Waals surface area contributed by atoms with E-state index in [4.69, 9.17) is 0 Å². The van der Waals surface area contributed by atoms with Crippen LogP contribution in [0.3, 0.4) is 0 Å². The molecule has 0 aliphatic heterocycles. The van der Waals surface area contributed by atoms with Crippen molar-refractivity contribution in [1.29, 1.82) is 0 Å². The lowest BCUT2D eigenvalue weighted by atomic mass is 10.3. The summed E-state index contributed by atoms with van der Waals surface area (Å²) in [6.45, 7) is 1.98. The number of amides is 1. The van der Waals surface area contributed by atoms with Crippen molar-refractivity contribution in [1.82, 2.24) is 5.32 Å². The van der Waals surface area contributed by atoms with E-state index in [-0.39, 0.29) is 11.9 Å². The second-order valence-corrected chi connectivity index (χ2v) is 4.00. The second-order valence-electron chi connectivity index (χ2n) is 2.37. The molecule has 66 valence electrons. The molecule has 0 rings (SSSR count). The number of carbonyl (C=O) groups is 1. The maximum atomic E-state index is 11.0. The highest BCUT2D eigenvalue weighted by atomic mass is 79.9. The van der Waals surface area contributed by atoms with Crippen molar-refractivity contribution in [3.63, 3.8) is 0 Å². The van der Waals surface area contributed by atoms with Crippen LogP contribution >= 0.6 is 27.7 Å². The van der Waals surface area contributed by atoms with Crippen molar-refractivity contribution < 1.29 is 4.79 Å². The third-order valence-corrected chi connectivity index (χ3v) is 2.76. The third-order valence-electron chi connectivity index (χ3n) is 1.17. The Morgan fingerprint density at radius 3 is 2.82 bits per heavy atom. The summed E-state index contributed by atoms with van der Waals surface area (Å²) in [5.41, 5.74) is 0. The lowest BCUT2D eigenvalue weighted by Gasteiger charge is -2.09. The van der Waals surface area contributed by atoms with E-state index in [1.54, 1.807) is 11.8 Å². The molecule has 1 amide bonds. The van der Waals surface area contributed by atoms with E-state index in [2.05, 4.69) is 21.2 Å². The van der Waals surface area contributed by atoms with Crippen molar-refractivity contribution in [3.8, 4) is 0 Å². The van der Waals surface area contributed by atoms with Gasteiger partial charge in [0, 0.05) is 23.5 Å². The minimum Gasteiger partial charge on any atom is -0.353 e. The summed E-state index contributed by atoms with van der Waals surface area (Å²) < 4.78 is 0. The van der Waals surface area contributed by atoms with Crippen LogP contribution in [0.4, 0.5) is 0 Å². The molecule has 0 saturated heterocycles. The van der Waals surface area contributed by atoms with Crippen molar-refractivity contribution in [2.75, 3.05) is 17.3 Å². The van der Waals surface area contributed by atoms with Gasteiger partial charge < -0.3 is 5.32 Å². The Bertz CT molecular complexity index is 121. The molecule has 0 bridgehead atoms. The van der Waals surface area contributed by atoms with Crippen molar-refractivity contribution >= 4 is 33.6 Å². The van der Waals surface area contributed by atoms with Gasteiger partial charge in [-0.1, -0.05) is 15.9 Å². The molecule has 0 spiro atoms. The summed E-state index contributed by atoms with van der Waals surface area (Å²) in [6.07, 6.45) is 2.62. The molecule has 0 aliphatic rings. The van der Waals surface area contributed by atoms with Gasteiger partial charge in [-0.3, -0.25) is 4.79 Å². The number of nitrogens with one attached hydrogen (secondary N) is 1. The van der Waals surface area contributed by atoms with Crippen LogP contribution in [0, 0.1) is 0 Å². The maximum Gasteiger partial charge on any atom is 0.221 e. The molecule has 0 aromatic rings. The van der Waals surface area contributed by atoms with Gasteiger partial charge in [-0.05, 0) is 13.2 Å². The van der Waals surface area contributed by atoms with E-state index in [1.807, 2.05) is 13.2 Å². The molecule has 0 heterocycles. The fourth-order valence-electron chi connectivity index (χ4n) is 0.580. The molecule has 0 saturated carbocycles. The number of carbonyl (C=O) groups excluding carboxylic acids is 1. The zero-order valence-corrected chi connectivity index (χ0v) is 9.30. The van der Waals surface area contributed by atoms with Crippen molar-refractivity contribution in [2.45, 2.75) is 19.4 Å². The van der Waals surface area contributed by atoms with E-state index in [9.17, 15) is 4.79 Å². The Labute approximate surface area is 80.6 Å². The van der Waals surface area contributed by atoms with E-state index in [0.717, 1.165) is 11.1 Å². The van der Waals surface area contributed by atoms with Crippen LogP contribution in [-0.4, -0.2) is 29.3 Å². The Balaban J connectivity index is 3.36. The minimum atomic E-state index is 0.145. The molecule has 1 unspecified atom stereocenters. The Kier molecular flexibility index (Phi) is 7.17. The molecule has 11 heavy (non-hydrogen) atoms. The third kappa shape index (κ3) is 6.69. The molecule has 1 N–H and O–H groups in total. The van der Waals surface area contributed by atoms with Gasteiger partial charge in [0.1, 0.15) is 0 Å².